The van der Waals surface area contributed by atoms with Gasteiger partial charge in [0.05, 0.1) is 11.0 Å². The van der Waals surface area contributed by atoms with Gasteiger partial charge in [0.25, 0.3) is 0 Å². The fourth-order valence-electron chi connectivity index (χ4n) is 4.28. The van der Waals surface area contributed by atoms with Crippen LogP contribution in [0, 0.1) is 21.8 Å². The van der Waals surface area contributed by atoms with Gasteiger partial charge in [-0.2, -0.15) is 17.6 Å². The number of nitrogens with one attached hydrogen (secondary N) is 1. The summed E-state index contributed by atoms with van der Waals surface area (Å²) in [5.74, 6) is -2.53. The largest absolute Gasteiger partial charge is 0.477 e. The molecule has 0 spiro atoms. The first-order valence-electron chi connectivity index (χ1n) is 11.7. The van der Waals surface area contributed by atoms with Gasteiger partial charge in [-0.3, -0.25) is 14.3 Å². The molecular formula is C25H30F4N2O5S. The first-order chi connectivity index (χ1) is 17.1. The summed E-state index contributed by atoms with van der Waals surface area (Å²) in [4.78, 5) is 10.0. The zero-order chi connectivity index (χ0) is 27.5. The third-order valence-corrected chi connectivity index (χ3v) is 7.71. The zero-order valence-corrected chi connectivity index (χ0v) is 21.5. The molecule has 1 fully saturated rings. The van der Waals surface area contributed by atoms with Gasteiger partial charge in [0.15, 0.2) is 6.61 Å². The number of benzene rings is 2. The van der Waals surface area contributed by atoms with E-state index in [1.165, 1.54) is 0 Å². The second-order valence-corrected chi connectivity index (χ2v) is 11.8. The van der Waals surface area contributed by atoms with Crippen LogP contribution >= 0.6 is 0 Å². The molecule has 204 valence electrons. The van der Waals surface area contributed by atoms with Gasteiger partial charge in [0.2, 0.25) is 11.6 Å². The number of nitro benzene ring substituents is 1. The summed E-state index contributed by atoms with van der Waals surface area (Å²) in [6.07, 6.45) is -5.81. The van der Waals surface area contributed by atoms with Crippen molar-refractivity contribution in [2.45, 2.75) is 57.5 Å². The van der Waals surface area contributed by atoms with Gasteiger partial charge < -0.3 is 15.2 Å². The third kappa shape index (κ3) is 7.96. The molecule has 0 unspecified atom stereocenters. The first-order valence-corrected chi connectivity index (χ1v) is 13.1. The van der Waals surface area contributed by atoms with Crippen molar-refractivity contribution in [1.82, 2.24) is 5.32 Å². The van der Waals surface area contributed by atoms with Crippen LogP contribution in [0.3, 0.4) is 0 Å². The summed E-state index contributed by atoms with van der Waals surface area (Å²) >= 11 is 0. The van der Waals surface area contributed by atoms with Crippen molar-refractivity contribution < 1.29 is 36.5 Å². The minimum absolute atomic E-state index is 0.0460. The van der Waals surface area contributed by atoms with Crippen LogP contribution in [0.4, 0.5) is 23.2 Å². The zero-order valence-electron chi connectivity index (χ0n) is 20.7. The second-order valence-electron chi connectivity index (χ2n) is 10.3. The number of rotatable bonds is 8. The lowest BCUT2D eigenvalue weighted by Crippen LogP contribution is -2.53. The minimum Gasteiger partial charge on any atom is -0.477 e. The lowest BCUT2D eigenvalue weighted by atomic mass is 9.86. The average molecular weight is 547 g/mol. The third-order valence-electron chi connectivity index (χ3n) is 6.18. The predicted octanol–water partition coefficient (Wildman–Crippen LogP) is 4.41. The molecule has 1 saturated heterocycles. The van der Waals surface area contributed by atoms with Gasteiger partial charge in [-0.1, -0.05) is 45.0 Å². The summed E-state index contributed by atoms with van der Waals surface area (Å²) in [5, 5.41) is 25.4. The Hall–Kier alpha value is -2.57. The monoisotopic (exact) mass is 546 g/mol. The Balaban J connectivity index is 1.76. The Kier molecular flexibility index (Phi) is 8.97. The summed E-state index contributed by atoms with van der Waals surface area (Å²) in [7, 11) is -1.31. The van der Waals surface area contributed by atoms with E-state index in [1.807, 2.05) is 18.2 Å². The maximum Gasteiger partial charge on any atom is 0.422 e. The molecule has 0 radical (unpaired) electrons. The van der Waals surface area contributed by atoms with Crippen LogP contribution in [0.1, 0.15) is 37.5 Å². The van der Waals surface area contributed by atoms with Gasteiger partial charge in [0.1, 0.15) is 0 Å². The molecule has 2 N–H and O–H groups in total. The van der Waals surface area contributed by atoms with E-state index in [9.17, 15) is 37.0 Å². The van der Waals surface area contributed by atoms with E-state index in [2.05, 4.69) is 36.9 Å². The number of nitro groups is 1. The molecule has 1 aliphatic rings. The van der Waals surface area contributed by atoms with E-state index in [0.717, 1.165) is 23.3 Å². The van der Waals surface area contributed by atoms with Gasteiger partial charge in [-0.15, -0.1) is 0 Å². The molecule has 3 rings (SSSR count). The molecule has 0 amide bonds. The number of ether oxygens (including phenoxy) is 1. The van der Waals surface area contributed by atoms with Gasteiger partial charge in [-0.05, 0) is 40.7 Å². The molecule has 4 atom stereocenters. The second kappa shape index (κ2) is 11.4. The minimum atomic E-state index is -4.78. The maximum atomic E-state index is 14.5. The Morgan fingerprint density at radius 2 is 1.86 bits per heavy atom. The fraction of sp³-hybridized carbons (Fsp3) is 0.520. The average Bonchev–Trinajstić information content (AvgIpc) is 2.77. The highest BCUT2D eigenvalue weighted by atomic mass is 32.2. The van der Waals surface area contributed by atoms with Crippen molar-refractivity contribution in [3.05, 3.63) is 69.0 Å². The number of alkyl halides is 3. The highest BCUT2D eigenvalue weighted by molar-refractivity contribution is 7.85. The van der Waals surface area contributed by atoms with Crippen molar-refractivity contribution in [3.8, 4) is 5.75 Å². The van der Waals surface area contributed by atoms with Crippen LogP contribution < -0.4 is 10.1 Å². The summed E-state index contributed by atoms with van der Waals surface area (Å²) in [6, 6.07) is 9.23. The predicted molar refractivity (Wildman–Crippen MR) is 131 cm³/mol. The highest BCUT2D eigenvalue weighted by Gasteiger charge is 2.36. The molecule has 2 aromatic carbocycles. The Morgan fingerprint density at radius 1 is 1.16 bits per heavy atom. The Bertz CT molecular complexity index is 1150. The molecular weight excluding hydrogens is 516 g/mol. The lowest BCUT2D eigenvalue weighted by Gasteiger charge is -2.35. The summed E-state index contributed by atoms with van der Waals surface area (Å²) < 4.78 is 69.3. The van der Waals surface area contributed by atoms with Crippen molar-refractivity contribution >= 4 is 16.5 Å². The Morgan fingerprint density at radius 3 is 2.49 bits per heavy atom. The molecule has 2 aromatic rings. The number of halogens is 4. The molecule has 0 aliphatic carbocycles. The van der Waals surface area contributed by atoms with Crippen LogP contribution in [-0.4, -0.2) is 50.7 Å². The number of aliphatic hydroxyl groups is 1. The van der Waals surface area contributed by atoms with Crippen LogP contribution in [0.5, 0.6) is 5.75 Å². The van der Waals surface area contributed by atoms with Crippen LogP contribution in [0.2, 0.25) is 0 Å². The quantitative estimate of drug-likeness (QED) is 0.289. The maximum absolute atomic E-state index is 14.5. The van der Waals surface area contributed by atoms with Crippen molar-refractivity contribution in [1.29, 1.82) is 0 Å². The van der Waals surface area contributed by atoms with Gasteiger partial charge in [-0.25, -0.2) is 0 Å². The molecule has 1 heterocycles. The molecule has 7 nitrogen and oxygen atoms in total. The fourth-order valence-corrected chi connectivity index (χ4v) is 5.93. The van der Waals surface area contributed by atoms with E-state index < -0.39 is 63.8 Å². The number of hydrogen-bond donors (Lipinski definition) is 2. The van der Waals surface area contributed by atoms with Gasteiger partial charge >= 0.3 is 11.9 Å². The van der Waals surface area contributed by atoms with Crippen molar-refractivity contribution in [3.63, 3.8) is 0 Å². The molecule has 37 heavy (non-hydrogen) atoms. The summed E-state index contributed by atoms with van der Waals surface area (Å²) in [6.45, 7) is 4.88. The van der Waals surface area contributed by atoms with Crippen LogP contribution in [0.25, 0.3) is 0 Å². The van der Waals surface area contributed by atoms with E-state index >= 15 is 0 Å². The SMILES string of the molecule is CC(C)(C)c1cccc(CN[C@H]2C[S@@](=O)C[C@@H](Cc3cc(F)c([N+](=O)[O-])c(OCC(F)(F)F)c3)[C@@H]2O)c1. The highest BCUT2D eigenvalue weighted by Crippen LogP contribution is 2.34. The van der Waals surface area contributed by atoms with E-state index in [4.69, 9.17) is 0 Å². The number of aliphatic hydroxyl groups excluding tert-OH is 1. The van der Waals surface area contributed by atoms with Crippen LogP contribution in [-0.2, 0) is 29.2 Å². The van der Waals surface area contributed by atoms with E-state index in [1.54, 1.807) is 0 Å². The summed E-state index contributed by atoms with van der Waals surface area (Å²) in [5.41, 5.74) is 0.977. The van der Waals surface area contributed by atoms with Crippen molar-refractivity contribution in [2.75, 3.05) is 18.1 Å². The van der Waals surface area contributed by atoms with E-state index in [0.29, 0.717) is 6.54 Å². The van der Waals surface area contributed by atoms with Crippen LogP contribution in [0.15, 0.2) is 36.4 Å². The topological polar surface area (TPSA) is 102 Å². The Labute approximate surface area is 214 Å². The van der Waals surface area contributed by atoms with E-state index in [-0.39, 0.29) is 28.9 Å². The first kappa shape index (κ1) is 29.0. The molecule has 0 bridgehead atoms. The molecule has 0 aromatic heterocycles. The standard InChI is InChI=1S/C25H30F4N2O5S/c1-24(2,3)18-6-4-5-15(8-18)11-30-20-13-37(35)12-17(23(20)32)7-16-9-19(26)22(31(33)34)21(10-16)36-14-25(27,28)29/h4-6,8-10,17,20,23,30,32H,7,11-14H2,1-3H3/t17-,20+,23+,37+/m1/s1. The molecule has 12 heteroatoms. The number of hydrogen-bond acceptors (Lipinski definition) is 6. The lowest BCUT2D eigenvalue weighted by molar-refractivity contribution is -0.388. The number of nitrogens with zero attached hydrogens (tertiary/aromatic N) is 1. The molecule has 0 saturated carbocycles. The van der Waals surface area contributed by atoms with Crippen molar-refractivity contribution in [2.24, 2.45) is 5.92 Å². The smallest absolute Gasteiger partial charge is 0.422 e. The normalized spacial score (nSPS) is 22.6. The molecule has 1 aliphatic heterocycles. The van der Waals surface area contributed by atoms with Gasteiger partial charge in [0, 0.05) is 40.8 Å².